The van der Waals surface area contributed by atoms with Crippen molar-refractivity contribution in [1.29, 1.82) is 0 Å². The number of esters is 2. The highest BCUT2D eigenvalue weighted by atomic mass is 16.7. The Morgan fingerprint density at radius 2 is 1.41 bits per heavy atom. The Labute approximate surface area is 314 Å². The molecule has 6 N–H and O–H groups in total. The normalized spacial score (nSPS) is 31.3. The van der Waals surface area contributed by atoms with E-state index >= 15 is 0 Å². The summed E-state index contributed by atoms with van der Waals surface area (Å²) in [6, 6.07) is 0. The number of aliphatic hydroxyl groups excluding tert-OH is 4. The molecule has 4 aliphatic rings. The minimum atomic E-state index is -1.62. The van der Waals surface area contributed by atoms with Crippen molar-refractivity contribution in [3.05, 3.63) is 69.2 Å². The lowest BCUT2D eigenvalue weighted by molar-refractivity contribution is -0.164. The molecule has 1 amide bonds. The fourth-order valence-electron chi connectivity index (χ4n) is 7.22. The number of amides is 1. The maximum absolute atomic E-state index is 14.0. The number of ether oxygens (including phenoxy) is 4. The quantitative estimate of drug-likeness (QED) is 0.143. The van der Waals surface area contributed by atoms with Crippen molar-refractivity contribution < 1.29 is 63.7 Å². The average molecular weight is 754 g/mol. The Bertz CT molecular complexity index is 1870. The summed E-state index contributed by atoms with van der Waals surface area (Å²) in [6.07, 6.45) is 0.456. The fourth-order valence-corrected chi connectivity index (χ4v) is 7.22. The van der Waals surface area contributed by atoms with Crippen molar-refractivity contribution in [2.45, 2.75) is 86.7 Å². The molecule has 14 nitrogen and oxygen atoms in total. The number of carbonyl (C=O) groups excluding carboxylic acids is 4. The van der Waals surface area contributed by atoms with E-state index in [2.05, 4.69) is 5.32 Å². The molecule has 14 heteroatoms. The summed E-state index contributed by atoms with van der Waals surface area (Å²) in [5.74, 6) is -8.30. The summed E-state index contributed by atoms with van der Waals surface area (Å²) in [4.78, 5) is 53.0. The Balaban J connectivity index is 2.03. The van der Waals surface area contributed by atoms with Gasteiger partial charge in [0.2, 0.25) is 6.79 Å². The van der Waals surface area contributed by atoms with Gasteiger partial charge < -0.3 is 49.8 Å². The predicted octanol–water partition coefficient (Wildman–Crippen LogP) is 3.99. The van der Waals surface area contributed by atoms with Crippen molar-refractivity contribution in [3.63, 3.8) is 0 Å². The summed E-state index contributed by atoms with van der Waals surface area (Å²) in [7, 11) is 1.11. The first-order chi connectivity index (χ1) is 25.3. The molecule has 3 heterocycles. The van der Waals surface area contributed by atoms with E-state index in [-0.39, 0.29) is 63.2 Å². The fraction of sp³-hybridized carbons (Fsp3) is 0.500. The minimum absolute atomic E-state index is 0.00611. The van der Waals surface area contributed by atoms with Gasteiger partial charge in [0.05, 0.1) is 48.3 Å². The topological polar surface area (TPSA) is 218 Å². The van der Waals surface area contributed by atoms with Crippen LogP contribution in [0.3, 0.4) is 0 Å². The van der Waals surface area contributed by atoms with Crippen LogP contribution in [0.25, 0.3) is 5.57 Å². The highest BCUT2D eigenvalue weighted by Gasteiger charge is 2.45. The van der Waals surface area contributed by atoms with Gasteiger partial charge in [-0.3, -0.25) is 19.2 Å². The second-order valence-electron chi connectivity index (χ2n) is 14.4. The molecule has 0 radical (unpaired) electrons. The van der Waals surface area contributed by atoms with E-state index in [4.69, 9.17) is 18.9 Å². The maximum Gasteiger partial charge on any atom is 0.313 e. The molecule has 9 unspecified atom stereocenters. The van der Waals surface area contributed by atoms with E-state index in [1.54, 1.807) is 32.9 Å². The Kier molecular flexibility index (Phi) is 13.0. The number of allylic oxidation sites excluding steroid dienone is 5. The number of aromatic hydroxyl groups is 1. The van der Waals surface area contributed by atoms with Crippen LogP contribution in [0.15, 0.2) is 52.5 Å². The lowest BCUT2D eigenvalue weighted by atomic mass is 9.76. The number of phenolic OH excluding ortho intramolecular Hbond substituents is 1. The van der Waals surface area contributed by atoms with Crippen molar-refractivity contribution in [2.24, 2.45) is 29.6 Å². The molecule has 0 aromatic heterocycles. The standard InChI is InChI=1S/C40H51NO13/c1-16-12-11-13-17(2)39(49)41-29-20(5)38(54-24(9)42)25-26(35(29)48)34(47)23(8)37-27(25)36(52-15-53-37)19(4)14-18(3)31(44)22(7)33(46)28(40(50)51-10)32(45)21(6)30(16)43/h11-14,16,18,21-22,28,30-33,43-46,48H,15H2,1-10H3,(H,41,49)/b12-11-,17-13?,19-14-. The Hall–Kier alpha value is -4.76. The highest BCUT2D eigenvalue weighted by Crippen LogP contribution is 2.53. The van der Waals surface area contributed by atoms with Crippen LogP contribution >= 0.6 is 0 Å². The zero-order valence-corrected chi connectivity index (χ0v) is 32.2. The molecule has 5 rings (SSSR count). The number of methoxy groups -OCH3 is 1. The van der Waals surface area contributed by atoms with E-state index < -0.39 is 83.4 Å². The number of nitrogens with one attached hydrogen (secondary N) is 1. The summed E-state index contributed by atoms with van der Waals surface area (Å²) < 4.78 is 22.5. The second kappa shape index (κ2) is 16.7. The summed E-state index contributed by atoms with van der Waals surface area (Å²) in [5, 5.41) is 60.0. The van der Waals surface area contributed by atoms with Gasteiger partial charge in [-0.2, -0.15) is 0 Å². The molecule has 9 atom stereocenters. The first-order valence-corrected chi connectivity index (χ1v) is 17.8. The third-order valence-electron chi connectivity index (χ3n) is 10.6. The van der Waals surface area contributed by atoms with E-state index in [9.17, 15) is 44.7 Å². The number of anilines is 1. The van der Waals surface area contributed by atoms with E-state index in [0.29, 0.717) is 5.57 Å². The van der Waals surface area contributed by atoms with Gasteiger partial charge in [-0.05, 0) is 33.3 Å². The van der Waals surface area contributed by atoms with Crippen LogP contribution in [0, 0.1) is 36.5 Å². The molecule has 0 fully saturated rings. The number of carbonyl (C=O) groups is 4. The number of hydrogen-bond acceptors (Lipinski definition) is 13. The zero-order chi connectivity index (χ0) is 40.5. The first kappa shape index (κ1) is 42.0. The summed E-state index contributed by atoms with van der Waals surface area (Å²) in [5.41, 5.74) is 0.550. The van der Waals surface area contributed by atoms with Gasteiger partial charge >= 0.3 is 11.9 Å². The van der Waals surface area contributed by atoms with Crippen molar-refractivity contribution in [2.75, 3.05) is 19.2 Å². The monoisotopic (exact) mass is 753 g/mol. The number of hydrogen-bond donors (Lipinski definition) is 6. The van der Waals surface area contributed by atoms with Gasteiger partial charge in [0, 0.05) is 52.9 Å². The highest BCUT2D eigenvalue weighted by molar-refractivity contribution is 6.21. The van der Waals surface area contributed by atoms with Gasteiger partial charge in [0.1, 0.15) is 23.2 Å². The summed E-state index contributed by atoms with van der Waals surface area (Å²) >= 11 is 0. The number of benzene rings is 1. The van der Waals surface area contributed by atoms with Gasteiger partial charge in [-0.1, -0.05) is 52.0 Å². The molecule has 1 aromatic carbocycles. The lowest BCUT2D eigenvalue weighted by Crippen LogP contribution is -2.50. The third-order valence-corrected chi connectivity index (χ3v) is 10.6. The van der Waals surface area contributed by atoms with Crippen LogP contribution in [0.2, 0.25) is 0 Å². The lowest BCUT2D eigenvalue weighted by Gasteiger charge is -2.37. The van der Waals surface area contributed by atoms with Gasteiger partial charge in [-0.25, -0.2) is 0 Å². The molecule has 4 bridgehead atoms. The van der Waals surface area contributed by atoms with Crippen LogP contribution in [0.1, 0.15) is 76.9 Å². The van der Waals surface area contributed by atoms with Crippen LogP contribution in [0.4, 0.5) is 5.69 Å². The molecule has 54 heavy (non-hydrogen) atoms. The van der Waals surface area contributed by atoms with Gasteiger partial charge in [0.25, 0.3) is 5.91 Å². The minimum Gasteiger partial charge on any atom is -0.505 e. The second-order valence-corrected chi connectivity index (χ2v) is 14.4. The van der Waals surface area contributed by atoms with Crippen molar-refractivity contribution >= 4 is 34.9 Å². The van der Waals surface area contributed by atoms with Gasteiger partial charge in [-0.15, -0.1) is 0 Å². The van der Waals surface area contributed by atoms with Gasteiger partial charge in [0.15, 0.2) is 11.5 Å². The maximum atomic E-state index is 14.0. The first-order valence-electron chi connectivity index (χ1n) is 17.8. The summed E-state index contributed by atoms with van der Waals surface area (Å²) in [6.45, 7) is 13.4. The Morgan fingerprint density at radius 1 is 0.833 bits per heavy atom. The van der Waals surface area contributed by atoms with Crippen LogP contribution in [-0.4, -0.2) is 87.5 Å². The predicted molar refractivity (Wildman–Crippen MR) is 197 cm³/mol. The third kappa shape index (κ3) is 7.88. The van der Waals surface area contributed by atoms with Crippen LogP contribution in [0.5, 0.6) is 11.5 Å². The Morgan fingerprint density at radius 3 is 1.98 bits per heavy atom. The molecule has 0 saturated carbocycles. The molecule has 0 saturated heterocycles. The molecule has 1 aromatic rings. The smallest absolute Gasteiger partial charge is 0.313 e. The van der Waals surface area contributed by atoms with E-state index in [1.807, 2.05) is 0 Å². The zero-order valence-electron chi connectivity index (χ0n) is 32.2. The number of rotatable bonds is 2. The molecular formula is C40H51NO13. The molecule has 294 valence electrons. The molecular weight excluding hydrogens is 702 g/mol. The number of aliphatic hydroxyl groups is 4. The molecule has 1 aliphatic carbocycles. The van der Waals surface area contributed by atoms with Crippen LogP contribution < -0.4 is 10.1 Å². The molecule has 3 aliphatic heterocycles. The SMILES string of the molecule is COC(=O)C1C(O)C(C)C(O)C(C)/C=C\C=C(C)C(=O)Nc2c(C)c(OC(C)=O)c3c(c2O)C(=O)C(C)=C2OCOC(=C23)/C(C)=C\C(C)C(O)C(C)C1O. The molecule has 0 spiro atoms. The van der Waals surface area contributed by atoms with Crippen molar-refractivity contribution in [3.8, 4) is 11.5 Å². The number of Topliss-reactive ketones (excluding diaryl/α,β-unsaturated/α-hetero) is 1. The van der Waals surface area contributed by atoms with E-state index in [0.717, 1.165) is 14.0 Å². The largest absolute Gasteiger partial charge is 0.505 e. The van der Waals surface area contributed by atoms with Crippen molar-refractivity contribution in [1.82, 2.24) is 0 Å². The number of ketones is 1. The number of phenols is 1. The number of fused-ring (bicyclic) bond motifs is 14. The van der Waals surface area contributed by atoms with E-state index in [1.165, 1.54) is 46.8 Å². The van der Waals surface area contributed by atoms with Crippen LogP contribution in [-0.2, 0) is 28.6 Å². The average Bonchev–Trinajstić information content (AvgIpc) is 3.13.